The third-order valence-corrected chi connectivity index (χ3v) is 4.68. The molecule has 0 aliphatic carbocycles. The Morgan fingerprint density at radius 2 is 1.89 bits per heavy atom. The molecule has 1 rings (SSSR count). The average Bonchev–Trinajstić information content (AvgIpc) is 2.27. The minimum absolute atomic E-state index is 0.427. The molecule has 2 N–H and O–H groups in total. The first kappa shape index (κ1) is 14.9. The van der Waals surface area contributed by atoms with Crippen molar-refractivity contribution >= 4 is 27.6 Å². The number of rotatable bonds is 5. The van der Waals surface area contributed by atoms with E-state index >= 15 is 0 Å². The zero-order valence-corrected chi connectivity index (χ0v) is 11.5. The van der Waals surface area contributed by atoms with Crippen LogP contribution < -0.4 is 4.72 Å². The lowest BCUT2D eigenvalue weighted by atomic mass is 10.1. The third-order valence-electron chi connectivity index (χ3n) is 2.53. The van der Waals surface area contributed by atoms with E-state index in [-0.39, 0.29) is 0 Å². The lowest BCUT2D eigenvalue weighted by molar-refractivity contribution is -0.136. The lowest BCUT2D eigenvalue weighted by Crippen LogP contribution is -2.38. The summed E-state index contributed by atoms with van der Waals surface area (Å²) in [6.45, 7) is 2.72. The van der Waals surface area contributed by atoms with Crippen molar-refractivity contribution in [3.63, 3.8) is 0 Å². The molecule has 1 unspecified atom stereocenters. The molecule has 100 valence electrons. The smallest absolute Gasteiger partial charge is 0.323 e. The van der Waals surface area contributed by atoms with Gasteiger partial charge in [-0.2, -0.15) is 0 Å². The van der Waals surface area contributed by atoms with Crippen molar-refractivity contribution in [2.45, 2.75) is 25.1 Å². The first-order valence-corrected chi connectivity index (χ1v) is 7.16. The van der Waals surface area contributed by atoms with Gasteiger partial charge in [-0.3, -0.25) is 4.79 Å². The molecule has 0 saturated heterocycles. The number of hydrogen-bond acceptors (Lipinski definition) is 3. The summed E-state index contributed by atoms with van der Waals surface area (Å²) in [6.07, 6.45) is 0. The molecule has 0 aliphatic rings. The molecule has 0 aromatic heterocycles. The van der Waals surface area contributed by atoms with E-state index in [0.29, 0.717) is 10.6 Å². The summed E-state index contributed by atoms with van der Waals surface area (Å²) < 4.78 is 25.8. The minimum Gasteiger partial charge on any atom is -0.480 e. The van der Waals surface area contributed by atoms with Crippen LogP contribution in [0.5, 0.6) is 0 Å². The maximum Gasteiger partial charge on any atom is 0.323 e. The van der Waals surface area contributed by atoms with Crippen LogP contribution in [0.2, 0.25) is 5.02 Å². The van der Waals surface area contributed by atoms with Crippen LogP contribution >= 0.6 is 11.6 Å². The van der Waals surface area contributed by atoms with Crippen molar-refractivity contribution in [3.8, 4) is 0 Å². The summed E-state index contributed by atoms with van der Waals surface area (Å²) in [7, 11) is -3.93. The standard InChI is InChI=1S/C11H14ClNO4S/c1-7(9-5-3-4-6-10(9)12)13-18(16,17)8(2)11(14)15/h3-8,13H,1-2H3,(H,14,15)/t7-,8?/m0/s1. The summed E-state index contributed by atoms with van der Waals surface area (Å²) in [4.78, 5) is 10.7. The zero-order valence-electron chi connectivity index (χ0n) is 9.92. The Bertz CT molecular complexity index is 544. The highest BCUT2D eigenvalue weighted by Gasteiger charge is 2.29. The molecule has 1 aromatic carbocycles. The van der Waals surface area contributed by atoms with E-state index in [9.17, 15) is 13.2 Å². The number of carboxylic acids is 1. The van der Waals surface area contributed by atoms with Crippen LogP contribution in [0.25, 0.3) is 0 Å². The van der Waals surface area contributed by atoms with Crippen LogP contribution in [0.15, 0.2) is 24.3 Å². The summed E-state index contributed by atoms with van der Waals surface area (Å²) in [5.74, 6) is -1.39. The second-order valence-electron chi connectivity index (χ2n) is 3.89. The molecule has 1 aromatic rings. The molecule has 0 heterocycles. The first-order valence-electron chi connectivity index (χ1n) is 5.24. The van der Waals surface area contributed by atoms with Crippen LogP contribution in [0.4, 0.5) is 0 Å². The highest BCUT2D eigenvalue weighted by atomic mass is 35.5. The molecule has 7 heteroatoms. The molecular weight excluding hydrogens is 278 g/mol. The Morgan fingerprint density at radius 1 is 1.33 bits per heavy atom. The fourth-order valence-corrected chi connectivity index (χ4v) is 2.76. The van der Waals surface area contributed by atoms with Gasteiger partial charge in [0.1, 0.15) is 0 Å². The highest BCUT2D eigenvalue weighted by molar-refractivity contribution is 7.90. The van der Waals surface area contributed by atoms with Gasteiger partial charge in [0.05, 0.1) is 0 Å². The largest absolute Gasteiger partial charge is 0.480 e. The molecule has 0 aliphatic heterocycles. The van der Waals surface area contributed by atoms with Crippen LogP contribution in [-0.2, 0) is 14.8 Å². The molecule has 0 bridgehead atoms. The minimum atomic E-state index is -3.93. The fraction of sp³-hybridized carbons (Fsp3) is 0.364. The summed E-state index contributed by atoms with van der Waals surface area (Å²) >= 11 is 5.94. The SMILES string of the molecule is CC(C(=O)O)S(=O)(=O)N[C@@H](C)c1ccccc1Cl. The molecular formula is C11H14ClNO4S. The number of aliphatic carboxylic acids is 1. The molecule has 0 amide bonds. The van der Waals surface area contributed by atoms with Gasteiger partial charge in [0, 0.05) is 11.1 Å². The van der Waals surface area contributed by atoms with Gasteiger partial charge in [0.25, 0.3) is 0 Å². The van der Waals surface area contributed by atoms with Gasteiger partial charge >= 0.3 is 5.97 Å². The maximum absolute atomic E-state index is 11.7. The Labute approximate surface area is 111 Å². The predicted molar refractivity (Wildman–Crippen MR) is 69.0 cm³/mol. The van der Waals surface area contributed by atoms with Crippen molar-refractivity contribution < 1.29 is 18.3 Å². The van der Waals surface area contributed by atoms with Crippen molar-refractivity contribution in [2.24, 2.45) is 0 Å². The van der Waals surface area contributed by atoms with E-state index in [1.165, 1.54) is 0 Å². The lowest BCUT2D eigenvalue weighted by Gasteiger charge is -2.17. The van der Waals surface area contributed by atoms with E-state index in [1.807, 2.05) is 0 Å². The van der Waals surface area contributed by atoms with Gasteiger partial charge in [0.15, 0.2) is 5.25 Å². The Morgan fingerprint density at radius 3 is 2.39 bits per heavy atom. The number of nitrogens with one attached hydrogen (secondary N) is 1. The molecule has 0 saturated carbocycles. The summed E-state index contributed by atoms with van der Waals surface area (Å²) in [5, 5.41) is 7.63. The Kier molecular flexibility index (Phi) is 4.72. The molecule has 0 fully saturated rings. The number of carbonyl (C=O) groups is 1. The molecule has 18 heavy (non-hydrogen) atoms. The van der Waals surface area contributed by atoms with Crippen molar-refractivity contribution in [3.05, 3.63) is 34.9 Å². The molecule has 5 nitrogen and oxygen atoms in total. The topological polar surface area (TPSA) is 83.5 Å². The Hall–Kier alpha value is -1.11. The predicted octanol–water partition coefficient (Wildman–Crippen LogP) is 1.79. The van der Waals surface area contributed by atoms with Crippen molar-refractivity contribution in [1.82, 2.24) is 4.72 Å². The second kappa shape index (κ2) is 5.69. The van der Waals surface area contributed by atoms with Crippen LogP contribution in [-0.4, -0.2) is 24.7 Å². The van der Waals surface area contributed by atoms with Crippen LogP contribution in [0, 0.1) is 0 Å². The van der Waals surface area contributed by atoms with Crippen molar-refractivity contribution in [2.75, 3.05) is 0 Å². The van der Waals surface area contributed by atoms with Gasteiger partial charge in [-0.25, -0.2) is 13.1 Å². The van der Waals surface area contributed by atoms with Crippen LogP contribution in [0.3, 0.4) is 0 Å². The van der Waals surface area contributed by atoms with E-state index in [1.54, 1.807) is 31.2 Å². The molecule has 0 radical (unpaired) electrons. The monoisotopic (exact) mass is 291 g/mol. The van der Waals surface area contributed by atoms with Gasteiger partial charge in [-0.1, -0.05) is 29.8 Å². The van der Waals surface area contributed by atoms with Gasteiger partial charge in [-0.05, 0) is 25.5 Å². The first-order chi connectivity index (χ1) is 8.25. The number of benzene rings is 1. The summed E-state index contributed by atoms with van der Waals surface area (Å²) in [5.41, 5.74) is 0.598. The number of sulfonamides is 1. The third kappa shape index (κ3) is 3.44. The van der Waals surface area contributed by atoms with Gasteiger partial charge in [0.2, 0.25) is 10.0 Å². The molecule has 0 spiro atoms. The van der Waals surface area contributed by atoms with Crippen LogP contribution in [0.1, 0.15) is 25.5 Å². The number of hydrogen-bond donors (Lipinski definition) is 2. The van der Waals surface area contributed by atoms with E-state index in [0.717, 1.165) is 6.92 Å². The summed E-state index contributed by atoms with van der Waals surface area (Å²) in [6, 6.07) is 6.19. The van der Waals surface area contributed by atoms with E-state index < -0.39 is 27.3 Å². The number of halogens is 1. The fourth-order valence-electron chi connectivity index (χ4n) is 1.37. The quantitative estimate of drug-likeness (QED) is 0.866. The normalized spacial score (nSPS) is 15.1. The van der Waals surface area contributed by atoms with E-state index in [4.69, 9.17) is 16.7 Å². The van der Waals surface area contributed by atoms with Crippen molar-refractivity contribution in [1.29, 1.82) is 0 Å². The molecule has 2 atom stereocenters. The van der Waals surface area contributed by atoms with E-state index in [2.05, 4.69) is 4.72 Å². The second-order valence-corrected chi connectivity index (χ2v) is 6.33. The van der Waals surface area contributed by atoms with Gasteiger partial charge < -0.3 is 5.11 Å². The maximum atomic E-state index is 11.7. The Balaban J connectivity index is 2.92. The average molecular weight is 292 g/mol. The van der Waals surface area contributed by atoms with Gasteiger partial charge in [-0.15, -0.1) is 0 Å². The number of carboxylic acid groups (broad SMARTS) is 1. The highest BCUT2D eigenvalue weighted by Crippen LogP contribution is 2.23. The zero-order chi connectivity index (χ0) is 13.9.